The summed E-state index contributed by atoms with van der Waals surface area (Å²) in [7, 11) is 0. The molecule has 1 heterocycles. The summed E-state index contributed by atoms with van der Waals surface area (Å²) in [6, 6.07) is 10.2. The van der Waals surface area contributed by atoms with Gasteiger partial charge in [-0.25, -0.2) is 4.98 Å². The first kappa shape index (κ1) is 19.1. The van der Waals surface area contributed by atoms with Crippen molar-refractivity contribution in [2.75, 3.05) is 12.3 Å². The zero-order valence-electron chi connectivity index (χ0n) is 14.5. The van der Waals surface area contributed by atoms with Crippen molar-refractivity contribution in [3.63, 3.8) is 0 Å². The van der Waals surface area contributed by atoms with Crippen LogP contribution in [-0.2, 0) is 6.42 Å². The summed E-state index contributed by atoms with van der Waals surface area (Å²) in [5.74, 6) is 0.318. The molecule has 1 aromatic heterocycles. The molecule has 0 radical (unpaired) electrons. The van der Waals surface area contributed by atoms with Gasteiger partial charge in [0.25, 0.3) is 0 Å². The zero-order chi connectivity index (χ0) is 18.2. The summed E-state index contributed by atoms with van der Waals surface area (Å²) in [5, 5.41) is 7.18. The van der Waals surface area contributed by atoms with Gasteiger partial charge in [-0.1, -0.05) is 30.3 Å². The number of anilines is 1. The maximum absolute atomic E-state index is 5.88. The summed E-state index contributed by atoms with van der Waals surface area (Å²) in [6.45, 7) is 4.63. The van der Waals surface area contributed by atoms with Crippen LogP contribution in [0, 0.1) is 6.92 Å². The number of thiocarbonyl (C=S) groups is 1. The topological polar surface area (TPSA) is 101 Å². The van der Waals surface area contributed by atoms with Crippen LogP contribution < -0.4 is 22.1 Å². The molecule has 1 aromatic carbocycles. The van der Waals surface area contributed by atoms with Crippen molar-refractivity contribution in [3.8, 4) is 0 Å². The molecule has 8 heteroatoms. The molecule has 0 amide bonds. The number of nitrogen functional groups attached to an aromatic ring is 1. The summed E-state index contributed by atoms with van der Waals surface area (Å²) < 4.78 is 0. The Hall–Kier alpha value is -2.19. The molecule has 0 aliphatic heterocycles. The minimum atomic E-state index is 0.0914. The van der Waals surface area contributed by atoms with E-state index in [-0.39, 0.29) is 6.04 Å². The Labute approximate surface area is 157 Å². The number of hydrogen-bond acceptors (Lipinski definition) is 5. The van der Waals surface area contributed by atoms with E-state index in [0.717, 1.165) is 24.1 Å². The molecule has 6 N–H and O–H groups in total. The minimum absolute atomic E-state index is 0.0914. The maximum Gasteiger partial charge on any atom is 0.194 e. The van der Waals surface area contributed by atoms with Crippen LogP contribution in [0.4, 0.5) is 5.13 Å². The van der Waals surface area contributed by atoms with Crippen LogP contribution in [0.2, 0.25) is 0 Å². The Morgan fingerprint density at radius 2 is 2.08 bits per heavy atom. The number of nitrogens with one attached hydrogen (secondary N) is 2. The van der Waals surface area contributed by atoms with E-state index in [0.29, 0.717) is 22.7 Å². The fourth-order valence-corrected chi connectivity index (χ4v) is 3.49. The van der Waals surface area contributed by atoms with Gasteiger partial charge in [0.15, 0.2) is 16.2 Å². The van der Waals surface area contributed by atoms with E-state index in [2.05, 4.69) is 20.6 Å². The van der Waals surface area contributed by atoms with E-state index in [1.165, 1.54) is 16.2 Å². The molecule has 25 heavy (non-hydrogen) atoms. The quantitative estimate of drug-likeness (QED) is 0.267. The Balaban J connectivity index is 1.73. The van der Waals surface area contributed by atoms with Crippen LogP contribution in [0.15, 0.2) is 35.3 Å². The highest BCUT2D eigenvalue weighted by molar-refractivity contribution is 7.80. The molecule has 134 valence electrons. The second kappa shape index (κ2) is 9.33. The number of guanidine groups is 1. The third-order valence-corrected chi connectivity index (χ3v) is 4.91. The Morgan fingerprint density at radius 1 is 1.36 bits per heavy atom. The number of nitrogens with two attached hydrogens (primary N) is 2. The lowest BCUT2D eigenvalue weighted by Gasteiger charge is -2.17. The van der Waals surface area contributed by atoms with E-state index in [1.807, 2.05) is 44.2 Å². The van der Waals surface area contributed by atoms with Crippen LogP contribution in [-0.4, -0.2) is 22.6 Å². The van der Waals surface area contributed by atoms with Crippen molar-refractivity contribution >= 4 is 39.8 Å². The summed E-state index contributed by atoms with van der Waals surface area (Å²) in [4.78, 5) is 9.72. The van der Waals surface area contributed by atoms with Gasteiger partial charge in [-0.3, -0.25) is 4.99 Å². The van der Waals surface area contributed by atoms with E-state index < -0.39 is 0 Å². The molecule has 6 nitrogen and oxygen atoms in total. The van der Waals surface area contributed by atoms with Crippen molar-refractivity contribution in [2.45, 2.75) is 32.7 Å². The van der Waals surface area contributed by atoms with Crippen LogP contribution in [0.5, 0.6) is 0 Å². The van der Waals surface area contributed by atoms with Crippen LogP contribution >= 0.6 is 23.6 Å². The van der Waals surface area contributed by atoms with Crippen LogP contribution in [0.1, 0.15) is 35.5 Å². The molecule has 0 saturated heterocycles. The van der Waals surface area contributed by atoms with Gasteiger partial charge in [0.1, 0.15) is 0 Å². The van der Waals surface area contributed by atoms with Gasteiger partial charge in [0.2, 0.25) is 0 Å². The third kappa shape index (κ3) is 6.32. The van der Waals surface area contributed by atoms with Gasteiger partial charge >= 0.3 is 0 Å². The monoisotopic (exact) mass is 376 g/mol. The molecule has 0 fully saturated rings. The number of nitrogens with zero attached hydrogens (tertiary/aromatic N) is 2. The van der Waals surface area contributed by atoms with Gasteiger partial charge < -0.3 is 22.1 Å². The van der Waals surface area contributed by atoms with E-state index in [4.69, 9.17) is 23.7 Å². The average Bonchev–Trinajstić information content (AvgIpc) is 2.89. The molecular formula is C17H24N6S2. The molecule has 1 atom stereocenters. The average molecular weight is 377 g/mol. The summed E-state index contributed by atoms with van der Waals surface area (Å²) in [6.07, 6.45) is 1.77. The maximum atomic E-state index is 5.88. The molecule has 0 spiro atoms. The zero-order valence-corrected chi connectivity index (χ0v) is 16.1. The number of hydrogen-bond donors (Lipinski definition) is 4. The Kier molecular flexibility index (Phi) is 7.15. The molecular weight excluding hydrogens is 352 g/mol. The van der Waals surface area contributed by atoms with Gasteiger partial charge in [-0.05, 0) is 44.5 Å². The lowest BCUT2D eigenvalue weighted by atomic mass is 10.1. The van der Waals surface area contributed by atoms with Gasteiger partial charge in [-0.2, -0.15) is 0 Å². The van der Waals surface area contributed by atoms with E-state index >= 15 is 0 Å². The molecule has 0 unspecified atom stereocenters. The number of benzene rings is 1. The van der Waals surface area contributed by atoms with Gasteiger partial charge in [0.05, 0.1) is 11.7 Å². The van der Waals surface area contributed by atoms with E-state index in [1.54, 1.807) is 0 Å². The van der Waals surface area contributed by atoms with Crippen molar-refractivity contribution in [2.24, 2.45) is 10.7 Å². The van der Waals surface area contributed by atoms with Crippen molar-refractivity contribution in [1.29, 1.82) is 0 Å². The second-order valence-corrected chi connectivity index (χ2v) is 7.19. The van der Waals surface area contributed by atoms with Crippen molar-refractivity contribution in [3.05, 3.63) is 46.5 Å². The highest BCUT2D eigenvalue weighted by Gasteiger charge is 2.07. The van der Waals surface area contributed by atoms with Crippen LogP contribution in [0.25, 0.3) is 0 Å². The summed E-state index contributed by atoms with van der Waals surface area (Å²) >= 11 is 6.81. The number of thiazole rings is 1. The number of aryl methyl sites for hydroxylation is 2. The number of aliphatic imine (C=N–C) groups is 1. The normalized spacial score (nSPS) is 12.6. The first-order valence-electron chi connectivity index (χ1n) is 8.10. The molecule has 2 rings (SSSR count). The smallest absolute Gasteiger partial charge is 0.194 e. The molecule has 0 saturated carbocycles. The fraction of sp³-hybridized carbons (Fsp3) is 0.353. The predicted molar refractivity (Wildman–Crippen MR) is 110 cm³/mol. The molecule has 2 aromatic rings. The Morgan fingerprint density at radius 3 is 2.72 bits per heavy atom. The SMILES string of the molecule is Cc1nc(N)sc1CCCN=C(N)NC(=S)N[C@@H](C)c1ccccc1. The van der Waals surface area contributed by atoms with Crippen LogP contribution in [0.3, 0.4) is 0 Å². The molecule has 0 aliphatic carbocycles. The lowest BCUT2D eigenvalue weighted by molar-refractivity contribution is 0.713. The number of rotatable bonds is 6. The second-order valence-electron chi connectivity index (χ2n) is 5.66. The van der Waals surface area contributed by atoms with Crippen molar-refractivity contribution < 1.29 is 0 Å². The molecule has 0 aliphatic rings. The largest absolute Gasteiger partial charge is 0.375 e. The predicted octanol–water partition coefficient (Wildman–Crippen LogP) is 2.51. The summed E-state index contributed by atoms with van der Waals surface area (Å²) in [5.41, 5.74) is 13.7. The highest BCUT2D eigenvalue weighted by Crippen LogP contribution is 2.20. The fourth-order valence-electron chi connectivity index (χ4n) is 2.34. The third-order valence-electron chi connectivity index (χ3n) is 3.64. The van der Waals surface area contributed by atoms with Gasteiger partial charge in [0, 0.05) is 11.4 Å². The molecule has 0 bridgehead atoms. The highest BCUT2D eigenvalue weighted by atomic mass is 32.1. The minimum Gasteiger partial charge on any atom is -0.375 e. The first-order chi connectivity index (χ1) is 12.0. The standard InChI is InChI=1S/C17H24N6S2/c1-11(13-7-4-3-5-8-13)22-17(24)23-15(18)20-10-6-9-14-12(2)21-16(19)25-14/h3-5,7-8,11H,6,9-10H2,1-2H3,(H2,19,21)(H4,18,20,22,23,24)/t11-/m0/s1. The van der Waals surface area contributed by atoms with Gasteiger partial charge in [-0.15, -0.1) is 11.3 Å². The van der Waals surface area contributed by atoms with E-state index in [9.17, 15) is 0 Å². The van der Waals surface area contributed by atoms with Crippen molar-refractivity contribution in [1.82, 2.24) is 15.6 Å². The Bertz CT molecular complexity index is 726. The lowest BCUT2D eigenvalue weighted by Crippen LogP contribution is -2.44. The first-order valence-corrected chi connectivity index (χ1v) is 9.32. The number of aromatic nitrogens is 1.